The third-order valence-corrected chi connectivity index (χ3v) is 2.61. The van der Waals surface area contributed by atoms with Crippen molar-refractivity contribution >= 4 is 20.2 Å². The zero-order valence-electron chi connectivity index (χ0n) is 6.74. The standard InChI is InChI=1S/C3H8O7S2.Na/c4-3(12(8,9)10)1-2-11(5,6)7;/h3-4H,1-2H2,(H,5,6,7)(H,8,9,10);/q;+1/p-1. The third kappa shape index (κ3) is 9.09. The smallest absolute Gasteiger partial charge is 0.746 e. The fourth-order valence-electron chi connectivity index (χ4n) is 0.394. The van der Waals surface area contributed by atoms with E-state index in [9.17, 15) is 21.4 Å². The summed E-state index contributed by atoms with van der Waals surface area (Å²) >= 11 is 0. The van der Waals surface area contributed by atoms with Crippen molar-refractivity contribution in [3.63, 3.8) is 0 Å². The minimum absolute atomic E-state index is 0. The molecule has 0 saturated carbocycles. The second-order valence-corrected chi connectivity index (χ2v) is 5.12. The van der Waals surface area contributed by atoms with Crippen molar-refractivity contribution in [2.45, 2.75) is 11.9 Å². The van der Waals surface area contributed by atoms with Gasteiger partial charge in [-0.3, -0.25) is 4.55 Å². The Morgan fingerprint density at radius 2 is 1.62 bits per heavy atom. The normalized spacial score (nSPS) is 14.7. The first-order chi connectivity index (χ1) is 5.13. The first-order valence-corrected chi connectivity index (χ1v) is 5.79. The van der Waals surface area contributed by atoms with Gasteiger partial charge >= 0.3 is 29.6 Å². The molecule has 0 heterocycles. The Kier molecular flexibility index (Phi) is 7.00. The van der Waals surface area contributed by atoms with Crippen LogP contribution >= 0.6 is 0 Å². The summed E-state index contributed by atoms with van der Waals surface area (Å²) < 4.78 is 58.0. The maximum atomic E-state index is 10.0. The van der Waals surface area contributed by atoms with E-state index in [0.29, 0.717) is 0 Å². The molecule has 1 atom stereocenters. The van der Waals surface area contributed by atoms with E-state index in [1.54, 1.807) is 0 Å². The van der Waals surface area contributed by atoms with E-state index in [0.717, 1.165) is 0 Å². The van der Waals surface area contributed by atoms with Gasteiger partial charge in [0.2, 0.25) is 0 Å². The van der Waals surface area contributed by atoms with Gasteiger partial charge < -0.3 is 9.66 Å². The summed E-state index contributed by atoms with van der Waals surface area (Å²) in [6, 6.07) is 0. The minimum Gasteiger partial charge on any atom is -0.746 e. The molecule has 0 radical (unpaired) electrons. The summed E-state index contributed by atoms with van der Waals surface area (Å²) in [4.78, 5) is 0. The van der Waals surface area contributed by atoms with E-state index >= 15 is 0 Å². The zero-order valence-corrected chi connectivity index (χ0v) is 10.4. The van der Waals surface area contributed by atoms with E-state index in [2.05, 4.69) is 0 Å². The molecule has 0 fully saturated rings. The summed E-state index contributed by atoms with van der Waals surface area (Å²) in [5.74, 6) is -0.963. The Balaban J connectivity index is 0. The maximum Gasteiger partial charge on any atom is 1.00 e. The molecule has 0 aromatic heterocycles. The van der Waals surface area contributed by atoms with Crippen LogP contribution in [0.4, 0.5) is 0 Å². The quantitative estimate of drug-likeness (QED) is 0.373. The Morgan fingerprint density at radius 1 is 1.23 bits per heavy atom. The monoisotopic (exact) mass is 242 g/mol. The number of hydrogen-bond donors (Lipinski definition) is 2. The van der Waals surface area contributed by atoms with E-state index in [1.807, 2.05) is 0 Å². The molecule has 0 bridgehead atoms. The Morgan fingerprint density at radius 3 is 1.85 bits per heavy atom. The van der Waals surface area contributed by atoms with Crippen molar-refractivity contribution in [3.8, 4) is 0 Å². The summed E-state index contributed by atoms with van der Waals surface area (Å²) in [5.41, 5.74) is -2.29. The van der Waals surface area contributed by atoms with Gasteiger partial charge in [-0.05, 0) is 0 Å². The second-order valence-electron chi connectivity index (χ2n) is 2.02. The van der Waals surface area contributed by atoms with Crippen molar-refractivity contribution in [1.29, 1.82) is 0 Å². The molecular formula is C3H7NaO7S2. The van der Waals surface area contributed by atoms with Gasteiger partial charge in [0, 0.05) is 6.42 Å². The van der Waals surface area contributed by atoms with Gasteiger partial charge in [0.05, 0.1) is 5.75 Å². The summed E-state index contributed by atoms with van der Waals surface area (Å²) in [6.07, 6.45) is -0.829. The second kappa shape index (κ2) is 5.61. The van der Waals surface area contributed by atoms with Crippen LogP contribution in [-0.2, 0) is 20.2 Å². The van der Waals surface area contributed by atoms with Crippen LogP contribution in [0, 0.1) is 0 Å². The summed E-state index contributed by atoms with van der Waals surface area (Å²) in [5, 5.41) is 8.47. The molecule has 0 spiro atoms. The molecular weight excluding hydrogens is 235 g/mol. The van der Waals surface area contributed by atoms with Crippen LogP contribution in [0.1, 0.15) is 6.42 Å². The maximum absolute atomic E-state index is 10.0. The molecule has 0 aromatic carbocycles. The molecule has 74 valence electrons. The molecule has 10 heteroatoms. The molecule has 0 saturated heterocycles. The molecule has 0 rings (SSSR count). The van der Waals surface area contributed by atoms with Gasteiger partial charge in [0.1, 0.15) is 15.6 Å². The van der Waals surface area contributed by atoms with Crippen LogP contribution in [0.15, 0.2) is 0 Å². The molecule has 0 aromatic rings. The van der Waals surface area contributed by atoms with Crippen molar-refractivity contribution < 1.29 is 60.6 Å². The van der Waals surface area contributed by atoms with Gasteiger partial charge in [-0.1, -0.05) is 0 Å². The number of aliphatic hydroxyl groups is 1. The number of rotatable bonds is 4. The number of hydrogen-bond acceptors (Lipinski definition) is 6. The first kappa shape index (κ1) is 16.2. The Hall–Kier alpha value is 0.780. The van der Waals surface area contributed by atoms with Gasteiger partial charge in [0.15, 0.2) is 0 Å². The van der Waals surface area contributed by atoms with Crippen molar-refractivity contribution in [2.24, 2.45) is 0 Å². The molecule has 0 amide bonds. The topological polar surface area (TPSA) is 132 Å². The average Bonchev–Trinajstić information content (AvgIpc) is 1.78. The SMILES string of the molecule is O=S(=O)(O)CCC(O)S(=O)(=O)[O-].[Na+]. The summed E-state index contributed by atoms with van der Waals surface area (Å²) in [7, 11) is -9.24. The van der Waals surface area contributed by atoms with Gasteiger partial charge in [-0.15, -0.1) is 0 Å². The van der Waals surface area contributed by atoms with E-state index in [4.69, 9.17) is 9.66 Å². The molecule has 7 nitrogen and oxygen atoms in total. The molecule has 0 aliphatic carbocycles. The number of aliphatic hydroxyl groups excluding tert-OH is 1. The van der Waals surface area contributed by atoms with Crippen LogP contribution < -0.4 is 29.6 Å². The molecule has 1 unspecified atom stereocenters. The van der Waals surface area contributed by atoms with Crippen LogP contribution in [0.3, 0.4) is 0 Å². The van der Waals surface area contributed by atoms with Gasteiger partial charge in [0.25, 0.3) is 10.1 Å². The molecule has 2 N–H and O–H groups in total. The third-order valence-electron chi connectivity index (χ3n) is 0.956. The average molecular weight is 242 g/mol. The molecule has 0 aliphatic heterocycles. The first-order valence-electron chi connectivity index (χ1n) is 2.71. The van der Waals surface area contributed by atoms with Gasteiger partial charge in [-0.25, -0.2) is 8.42 Å². The molecule has 13 heavy (non-hydrogen) atoms. The van der Waals surface area contributed by atoms with Gasteiger partial charge in [-0.2, -0.15) is 8.42 Å². The molecule has 0 aliphatic rings. The van der Waals surface area contributed by atoms with Crippen LogP contribution in [0.2, 0.25) is 0 Å². The fourth-order valence-corrected chi connectivity index (χ4v) is 1.47. The van der Waals surface area contributed by atoms with Crippen LogP contribution in [0.25, 0.3) is 0 Å². The Bertz CT molecular complexity index is 329. The van der Waals surface area contributed by atoms with Crippen LogP contribution in [0.5, 0.6) is 0 Å². The van der Waals surface area contributed by atoms with Crippen molar-refractivity contribution in [2.75, 3.05) is 5.75 Å². The largest absolute Gasteiger partial charge is 1.00 e. The van der Waals surface area contributed by atoms with E-state index in [1.165, 1.54) is 0 Å². The van der Waals surface area contributed by atoms with Crippen LogP contribution in [-0.4, -0.2) is 42.2 Å². The van der Waals surface area contributed by atoms with Crippen molar-refractivity contribution in [3.05, 3.63) is 0 Å². The van der Waals surface area contributed by atoms with Crippen molar-refractivity contribution in [1.82, 2.24) is 0 Å². The summed E-state index contributed by atoms with van der Waals surface area (Å²) in [6.45, 7) is 0. The zero-order chi connectivity index (χ0) is 9.99. The van der Waals surface area contributed by atoms with E-state index in [-0.39, 0.29) is 29.6 Å². The fraction of sp³-hybridized carbons (Fsp3) is 1.00. The minimum atomic E-state index is -4.90. The predicted molar refractivity (Wildman–Crippen MR) is 36.7 cm³/mol. The Labute approximate surface area is 97.9 Å². The predicted octanol–water partition coefficient (Wildman–Crippen LogP) is -4.87. The van der Waals surface area contributed by atoms with E-state index < -0.39 is 37.8 Å².